The number of benzene rings is 1. The first kappa shape index (κ1) is 13.5. The monoisotopic (exact) mass is 329 g/mol. The van der Waals surface area contributed by atoms with Crippen molar-refractivity contribution in [3.8, 4) is 0 Å². The molecule has 3 rings (SSSR count). The van der Waals surface area contributed by atoms with Gasteiger partial charge in [0.2, 0.25) is 0 Å². The van der Waals surface area contributed by atoms with Crippen LogP contribution in [-0.2, 0) is 6.42 Å². The summed E-state index contributed by atoms with van der Waals surface area (Å²) in [6.45, 7) is 1.01. The number of hydrogen-bond acceptors (Lipinski definition) is 1. The summed E-state index contributed by atoms with van der Waals surface area (Å²) in [5, 5.41) is 3.52. The lowest BCUT2D eigenvalue weighted by Crippen LogP contribution is -2.37. The van der Waals surface area contributed by atoms with E-state index in [9.17, 15) is 8.78 Å². The van der Waals surface area contributed by atoms with Crippen LogP contribution in [-0.4, -0.2) is 12.6 Å². The van der Waals surface area contributed by atoms with E-state index in [1.807, 2.05) is 0 Å². The molecule has 2 unspecified atom stereocenters. The summed E-state index contributed by atoms with van der Waals surface area (Å²) in [4.78, 5) is 0. The van der Waals surface area contributed by atoms with Crippen molar-refractivity contribution in [2.75, 3.05) is 6.54 Å². The van der Waals surface area contributed by atoms with E-state index < -0.39 is 11.6 Å². The molecule has 0 saturated heterocycles. The lowest BCUT2D eigenvalue weighted by molar-refractivity contribution is 0.167. The lowest BCUT2D eigenvalue weighted by Gasteiger charge is -2.37. The maximum absolute atomic E-state index is 13.9. The van der Waals surface area contributed by atoms with Crippen LogP contribution in [0.25, 0.3) is 0 Å². The van der Waals surface area contributed by atoms with Crippen LogP contribution in [0.5, 0.6) is 0 Å². The molecule has 0 heterocycles. The average molecular weight is 330 g/mol. The largest absolute Gasteiger partial charge is 0.314 e. The van der Waals surface area contributed by atoms with Crippen LogP contribution in [0, 0.1) is 23.5 Å². The Morgan fingerprint density at radius 2 is 1.84 bits per heavy atom. The first-order chi connectivity index (χ1) is 9.15. The summed E-state index contributed by atoms with van der Waals surface area (Å²) in [6.07, 6.45) is 5.36. The molecule has 1 nitrogen and oxygen atoms in total. The molecule has 0 amide bonds. The van der Waals surface area contributed by atoms with Crippen LogP contribution in [0.4, 0.5) is 8.78 Å². The number of hydrogen-bond donors (Lipinski definition) is 1. The van der Waals surface area contributed by atoms with Crippen molar-refractivity contribution in [1.29, 1.82) is 0 Å². The highest BCUT2D eigenvalue weighted by molar-refractivity contribution is 9.10. The van der Waals surface area contributed by atoms with Crippen LogP contribution in [0.3, 0.4) is 0 Å². The lowest BCUT2D eigenvalue weighted by atomic mass is 9.70. The molecule has 2 aliphatic carbocycles. The summed E-state index contributed by atoms with van der Waals surface area (Å²) in [5.41, 5.74) is 0.246. The molecule has 4 heteroatoms. The Balaban J connectivity index is 1.62. The van der Waals surface area contributed by atoms with Crippen molar-refractivity contribution in [1.82, 2.24) is 5.32 Å². The summed E-state index contributed by atoms with van der Waals surface area (Å²) in [5.74, 6) is 0.158. The summed E-state index contributed by atoms with van der Waals surface area (Å²) >= 11 is 3.13. The normalized spacial score (nSPS) is 26.3. The molecular weight excluding hydrogens is 312 g/mol. The molecule has 104 valence electrons. The van der Waals surface area contributed by atoms with Crippen molar-refractivity contribution in [2.45, 2.75) is 38.1 Å². The molecule has 2 saturated carbocycles. The van der Waals surface area contributed by atoms with Crippen LogP contribution in [0.1, 0.15) is 31.2 Å². The Hall–Kier alpha value is -0.480. The third-order valence-corrected chi connectivity index (χ3v) is 5.04. The van der Waals surface area contributed by atoms with Crippen molar-refractivity contribution in [2.24, 2.45) is 11.8 Å². The number of rotatable bonds is 5. The Labute approximate surface area is 120 Å². The van der Waals surface area contributed by atoms with E-state index in [2.05, 4.69) is 21.2 Å². The third kappa shape index (κ3) is 3.00. The molecule has 0 spiro atoms. The fraction of sp³-hybridized carbons (Fsp3) is 0.600. The Morgan fingerprint density at radius 1 is 1.11 bits per heavy atom. The van der Waals surface area contributed by atoms with Crippen molar-refractivity contribution in [3.05, 3.63) is 33.8 Å². The van der Waals surface area contributed by atoms with Gasteiger partial charge in [-0.2, -0.15) is 0 Å². The predicted molar refractivity (Wildman–Crippen MR) is 75.0 cm³/mol. The molecule has 2 atom stereocenters. The van der Waals surface area contributed by atoms with Gasteiger partial charge in [-0.25, -0.2) is 8.78 Å². The zero-order chi connectivity index (χ0) is 13.4. The van der Waals surface area contributed by atoms with Gasteiger partial charge in [-0.15, -0.1) is 0 Å². The molecule has 2 aliphatic rings. The van der Waals surface area contributed by atoms with Gasteiger partial charge in [-0.1, -0.05) is 0 Å². The van der Waals surface area contributed by atoms with Gasteiger partial charge in [0.1, 0.15) is 11.6 Å². The zero-order valence-corrected chi connectivity index (χ0v) is 12.3. The van der Waals surface area contributed by atoms with E-state index in [0.717, 1.165) is 13.0 Å². The summed E-state index contributed by atoms with van der Waals surface area (Å²) < 4.78 is 28.0. The van der Waals surface area contributed by atoms with Gasteiger partial charge in [0, 0.05) is 11.6 Å². The van der Waals surface area contributed by atoms with Crippen molar-refractivity contribution < 1.29 is 8.78 Å². The minimum Gasteiger partial charge on any atom is -0.314 e. The van der Waals surface area contributed by atoms with Crippen LogP contribution < -0.4 is 5.32 Å². The summed E-state index contributed by atoms with van der Waals surface area (Å²) in [7, 11) is 0. The van der Waals surface area contributed by atoms with Crippen LogP contribution in [0.15, 0.2) is 16.6 Å². The van der Waals surface area contributed by atoms with Gasteiger partial charge in [0.25, 0.3) is 0 Å². The van der Waals surface area contributed by atoms with E-state index in [0.29, 0.717) is 28.8 Å². The average Bonchev–Trinajstić information content (AvgIpc) is 3.17. The first-order valence-electron chi connectivity index (χ1n) is 7.01. The molecule has 0 aromatic heterocycles. The zero-order valence-electron chi connectivity index (χ0n) is 10.8. The minimum absolute atomic E-state index is 0.246. The second kappa shape index (κ2) is 5.49. The Morgan fingerprint density at radius 3 is 2.47 bits per heavy atom. The topological polar surface area (TPSA) is 12.0 Å². The van der Waals surface area contributed by atoms with Gasteiger partial charge in [0.05, 0.1) is 4.47 Å². The molecule has 1 N–H and O–H groups in total. The standard InChI is InChI=1S/C15H18BrF2N/c16-13-5-6-14(17)12(15(13)18)7-9-1-2-10(9)8-19-11-3-4-11/h5-6,9-11,19H,1-4,7-8H2. The van der Waals surface area contributed by atoms with E-state index >= 15 is 0 Å². The van der Waals surface area contributed by atoms with E-state index in [4.69, 9.17) is 0 Å². The smallest absolute Gasteiger partial charge is 0.143 e. The van der Waals surface area contributed by atoms with Gasteiger partial charge in [-0.3, -0.25) is 0 Å². The minimum atomic E-state index is -0.430. The second-order valence-electron chi connectivity index (χ2n) is 5.81. The maximum atomic E-state index is 13.9. The Bertz CT molecular complexity index is 473. The highest BCUT2D eigenvalue weighted by Gasteiger charge is 2.33. The molecule has 0 radical (unpaired) electrons. The number of halogens is 3. The van der Waals surface area contributed by atoms with E-state index in [1.54, 1.807) is 0 Å². The van der Waals surface area contributed by atoms with Crippen LogP contribution >= 0.6 is 15.9 Å². The third-order valence-electron chi connectivity index (χ3n) is 4.43. The quantitative estimate of drug-likeness (QED) is 0.803. The first-order valence-corrected chi connectivity index (χ1v) is 7.80. The van der Waals surface area contributed by atoms with Gasteiger partial charge in [0.15, 0.2) is 0 Å². The molecule has 1 aromatic rings. The molecule has 0 aliphatic heterocycles. The van der Waals surface area contributed by atoms with Crippen molar-refractivity contribution in [3.63, 3.8) is 0 Å². The number of nitrogens with one attached hydrogen (secondary N) is 1. The van der Waals surface area contributed by atoms with Crippen molar-refractivity contribution >= 4 is 15.9 Å². The fourth-order valence-electron chi connectivity index (χ4n) is 2.80. The van der Waals surface area contributed by atoms with E-state index in [1.165, 1.54) is 31.4 Å². The van der Waals surface area contributed by atoms with Gasteiger partial charge < -0.3 is 5.32 Å². The summed E-state index contributed by atoms with van der Waals surface area (Å²) in [6, 6.07) is 3.49. The van der Waals surface area contributed by atoms with Crippen LogP contribution in [0.2, 0.25) is 0 Å². The molecular formula is C15H18BrF2N. The SMILES string of the molecule is Fc1ccc(Br)c(F)c1CC1CCC1CNC1CC1. The van der Waals surface area contributed by atoms with Gasteiger partial charge in [-0.05, 0) is 78.5 Å². The molecule has 19 heavy (non-hydrogen) atoms. The highest BCUT2D eigenvalue weighted by Crippen LogP contribution is 2.38. The highest BCUT2D eigenvalue weighted by atomic mass is 79.9. The maximum Gasteiger partial charge on any atom is 0.143 e. The molecule has 0 bridgehead atoms. The second-order valence-corrected chi connectivity index (χ2v) is 6.66. The van der Waals surface area contributed by atoms with E-state index in [-0.39, 0.29) is 5.56 Å². The Kier molecular flexibility index (Phi) is 3.90. The predicted octanol–water partition coefficient (Wildman–Crippen LogP) is 4.05. The molecule has 2 fully saturated rings. The fourth-order valence-corrected chi connectivity index (χ4v) is 3.17. The van der Waals surface area contributed by atoms with Gasteiger partial charge >= 0.3 is 0 Å². The molecule has 1 aromatic carbocycles.